The highest BCUT2D eigenvalue weighted by molar-refractivity contribution is 6.80. The fraction of sp³-hybridized carbons (Fsp3) is 0.800. The quantitative estimate of drug-likeness (QED) is 0.273. The lowest BCUT2D eigenvalue weighted by atomic mass is 10.1. The molecule has 0 fully saturated rings. The van der Waals surface area contributed by atoms with Crippen molar-refractivity contribution in [2.45, 2.75) is 45.4 Å². The summed E-state index contributed by atoms with van der Waals surface area (Å²) in [6.45, 7) is 2.46. The fourth-order valence-corrected chi connectivity index (χ4v) is 1.16. The largest absolute Gasteiger partial charge is 0.459 e. The first-order valence-electron chi connectivity index (χ1n) is 5.05. The summed E-state index contributed by atoms with van der Waals surface area (Å²) in [7, 11) is 0. The van der Waals surface area contributed by atoms with Gasteiger partial charge in [-0.1, -0.05) is 39.0 Å². The summed E-state index contributed by atoms with van der Waals surface area (Å²) in [6, 6.07) is 0. The highest BCUT2D eigenvalue weighted by Gasteiger charge is 2.10. The Morgan fingerprint density at radius 1 is 1.07 bits per heavy atom. The van der Waals surface area contributed by atoms with E-state index in [1.54, 1.807) is 0 Å². The average Bonchev–Trinajstić information content (AvgIpc) is 2.16. The van der Waals surface area contributed by atoms with Crippen molar-refractivity contribution in [3.05, 3.63) is 0 Å². The van der Waals surface area contributed by atoms with Crippen molar-refractivity contribution >= 4 is 22.8 Å². The minimum absolute atomic E-state index is 0.295. The maximum Gasteiger partial charge on any atom is 0.391 e. The number of unbranched alkanes of at least 4 members (excludes halogenated alkanes) is 5. The first-order valence-corrected chi connectivity index (χ1v) is 5.43. The second-order valence-corrected chi connectivity index (χ2v) is 3.52. The summed E-state index contributed by atoms with van der Waals surface area (Å²) in [6.07, 6.45) is 6.68. The van der Waals surface area contributed by atoms with Crippen LogP contribution in [-0.4, -0.2) is 17.8 Å². The summed E-state index contributed by atoms with van der Waals surface area (Å²) < 4.78 is 4.59. The predicted octanol–water partition coefficient (Wildman–Crippen LogP) is 2.66. The Balaban J connectivity index is 3.13. The SMILES string of the molecule is CCCCCCCCOC(=O)C(=O)Cl. The van der Waals surface area contributed by atoms with E-state index in [9.17, 15) is 9.59 Å². The number of ether oxygens (including phenoxy) is 1. The molecule has 0 saturated carbocycles. The van der Waals surface area contributed by atoms with Crippen molar-refractivity contribution in [1.82, 2.24) is 0 Å². The maximum atomic E-state index is 10.6. The molecule has 14 heavy (non-hydrogen) atoms. The molecule has 0 saturated heterocycles. The van der Waals surface area contributed by atoms with Crippen LogP contribution in [0.2, 0.25) is 0 Å². The van der Waals surface area contributed by atoms with Gasteiger partial charge in [-0.3, -0.25) is 4.79 Å². The third-order valence-electron chi connectivity index (χ3n) is 1.89. The number of hydrogen-bond acceptors (Lipinski definition) is 3. The first kappa shape index (κ1) is 13.4. The highest BCUT2D eigenvalue weighted by atomic mass is 35.5. The first-order chi connectivity index (χ1) is 6.68. The molecule has 0 amide bonds. The summed E-state index contributed by atoms with van der Waals surface area (Å²) in [5, 5.41) is -1.05. The minimum Gasteiger partial charge on any atom is -0.459 e. The Labute approximate surface area is 89.8 Å². The van der Waals surface area contributed by atoms with Crippen LogP contribution in [0.3, 0.4) is 0 Å². The van der Waals surface area contributed by atoms with Crippen LogP contribution in [-0.2, 0) is 14.3 Å². The minimum atomic E-state index is -1.05. The van der Waals surface area contributed by atoms with Gasteiger partial charge in [0.2, 0.25) is 0 Å². The number of carbonyl (C=O) groups excluding carboxylic acids is 2. The molecule has 0 rings (SSSR count). The van der Waals surface area contributed by atoms with Crippen LogP contribution >= 0.6 is 11.6 Å². The zero-order chi connectivity index (χ0) is 10.8. The smallest absolute Gasteiger partial charge is 0.391 e. The molecule has 4 heteroatoms. The van der Waals surface area contributed by atoms with Crippen molar-refractivity contribution in [3.63, 3.8) is 0 Å². The molecule has 0 aromatic heterocycles. The summed E-state index contributed by atoms with van der Waals surface area (Å²) in [5.74, 6) is -0.944. The Morgan fingerprint density at radius 3 is 2.21 bits per heavy atom. The molecule has 0 atom stereocenters. The van der Waals surface area contributed by atoms with Crippen molar-refractivity contribution in [3.8, 4) is 0 Å². The molecular formula is C10H17ClO3. The van der Waals surface area contributed by atoms with Crippen LogP contribution in [0, 0.1) is 0 Å². The van der Waals surface area contributed by atoms with Crippen molar-refractivity contribution in [1.29, 1.82) is 0 Å². The van der Waals surface area contributed by atoms with Crippen molar-refractivity contribution in [2.75, 3.05) is 6.61 Å². The van der Waals surface area contributed by atoms with E-state index in [4.69, 9.17) is 11.6 Å². The average molecular weight is 221 g/mol. The van der Waals surface area contributed by atoms with Crippen LogP contribution in [0.5, 0.6) is 0 Å². The molecule has 0 aromatic rings. The van der Waals surface area contributed by atoms with Gasteiger partial charge in [-0.25, -0.2) is 4.79 Å². The molecule has 0 spiro atoms. The number of hydrogen-bond donors (Lipinski definition) is 0. The van der Waals surface area contributed by atoms with E-state index in [1.165, 1.54) is 19.3 Å². The lowest BCUT2D eigenvalue weighted by Gasteiger charge is -2.01. The topological polar surface area (TPSA) is 43.4 Å². The zero-order valence-electron chi connectivity index (χ0n) is 8.55. The molecular weight excluding hydrogens is 204 g/mol. The predicted molar refractivity (Wildman–Crippen MR) is 55.2 cm³/mol. The number of rotatable bonds is 8. The monoisotopic (exact) mass is 220 g/mol. The van der Waals surface area contributed by atoms with E-state index >= 15 is 0 Å². The molecule has 0 bridgehead atoms. The number of halogens is 1. The van der Waals surface area contributed by atoms with Crippen LogP contribution in [0.1, 0.15) is 45.4 Å². The van der Waals surface area contributed by atoms with Gasteiger partial charge in [0.05, 0.1) is 6.61 Å². The van der Waals surface area contributed by atoms with Gasteiger partial charge >= 0.3 is 11.2 Å². The van der Waals surface area contributed by atoms with E-state index in [0.717, 1.165) is 19.3 Å². The second-order valence-electron chi connectivity index (χ2n) is 3.18. The van der Waals surface area contributed by atoms with Crippen LogP contribution in [0.25, 0.3) is 0 Å². The Kier molecular flexibility index (Phi) is 8.64. The highest BCUT2D eigenvalue weighted by Crippen LogP contribution is 2.04. The Hall–Kier alpha value is -0.570. The Morgan fingerprint density at radius 2 is 1.64 bits per heavy atom. The van der Waals surface area contributed by atoms with Gasteiger partial charge < -0.3 is 4.74 Å². The van der Waals surface area contributed by atoms with E-state index in [2.05, 4.69) is 11.7 Å². The molecule has 3 nitrogen and oxygen atoms in total. The Bertz CT molecular complexity index is 180. The molecule has 0 aliphatic carbocycles. The van der Waals surface area contributed by atoms with Gasteiger partial charge in [-0.15, -0.1) is 0 Å². The molecule has 0 aliphatic heterocycles. The summed E-state index contributed by atoms with van der Waals surface area (Å²) in [4.78, 5) is 20.8. The molecule has 0 N–H and O–H groups in total. The van der Waals surface area contributed by atoms with Crippen LogP contribution < -0.4 is 0 Å². The molecule has 82 valence electrons. The maximum absolute atomic E-state index is 10.6. The van der Waals surface area contributed by atoms with Crippen LogP contribution in [0.15, 0.2) is 0 Å². The molecule has 0 radical (unpaired) electrons. The van der Waals surface area contributed by atoms with Crippen molar-refractivity contribution < 1.29 is 14.3 Å². The van der Waals surface area contributed by atoms with Gasteiger partial charge in [0.25, 0.3) is 0 Å². The number of esters is 1. The van der Waals surface area contributed by atoms with Gasteiger partial charge in [0.1, 0.15) is 0 Å². The van der Waals surface area contributed by atoms with E-state index in [0.29, 0.717) is 6.61 Å². The molecule has 0 aliphatic rings. The van der Waals surface area contributed by atoms with Crippen LogP contribution in [0.4, 0.5) is 0 Å². The van der Waals surface area contributed by atoms with Gasteiger partial charge in [-0.05, 0) is 18.0 Å². The summed E-state index contributed by atoms with van der Waals surface area (Å²) in [5.41, 5.74) is 0. The van der Waals surface area contributed by atoms with E-state index < -0.39 is 11.2 Å². The van der Waals surface area contributed by atoms with Gasteiger partial charge in [-0.2, -0.15) is 0 Å². The molecule has 0 heterocycles. The molecule has 0 unspecified atom stereocenters. The lowest BCUT2D eigenvalue weighted by molar-refractivity contribution is -0.150. The standard InChI is InChI=1S/C10H17ClO3/c1-2-3-4-5-6-7-8-14-10(13)9(11)12/h2-8H2,1H3. The third-order valence-corrected chi connectivity index (χ3v) is 2.05. The van der Waals surface area contributed by atoms with E-state index in [-0.39, 0.29) is 0 Å². The summed E-state index contributed by atoms with van der Waals surface area (Å²) >= 11 is 4.90. The van der Waals surface area contributed by atoms with Crippen molar-refractivity contribution in [2.24, 2.45) is 0 Å². The second kappa shape index (κ2) is 9.00. The zero-order valence-corrected chi connectivity index (χ0v) is 9.31. The van der Waals surface area contributed by atoms with Gasteiger partial charge in [0.15, 0.2) is 0 Å². The third kappa shape index (κ3) is 8.05. The van der Waals surface area contributed by atoms with Gasteiger partial charge in [0, 0.05) is 0 Å². The lowest BCUT2D eigenvalue weighted by Crippen LogP contribution is -2.12. The normalized spacial score (nSPS) is 9.86. The molecule has 0 aromatic carbocycles. The van der Waals surface area contributed by atoms with E-state index in [1.807, 2.05) is 0 Å². The fourth-order valence-electron chi connectivity index (χ4n) is 1.10. The number of carbonyl (C=O) groups is 2.